The molecule has 1 unspecified atom stereocenters. The number of carbonyl (C=O) groups is 2. The Balaban J connectivity index is 2.25. The molecular weight excluding hydrogens is 332 g/mol. The molecule has 0 bridgehead atoms. The van der Waals surface area contributed by atoms with Gasteiger partial charge in [0.15, 0.2) is 5.69 Å². The maximum atomic E-state index is 12.1. The van der Waals surface area contributed by atoms with Crippen molar-refractivity contribution in [3.05, 3.63) is 24.0 Å². The summed E-state index contributed by atoms with van der Waals surface area (Å²) in [6.45, 7) is 2.03. The highest BCUT2D eigenvalue weighted by Crippen LogP contribution is 2.28. The zero-order valence-electron chi connectivity index (χ0n) is 11.9. The molecule has 2 heterocycles. The SMILES string of the molecule is CCOC(=O)c1ncccc1N1CC(CS(=O)(=O)Cl)CC1=O. The third-order valence-electron chi connectivity index (χ3n) is 3.19. The Morgan fingerprint density at radius 1 is 1.55 bits per heavy atom. The van der Waals surface area contributed by atoms with Crippen LogP contribution in [-0.2, 0) is 18.6 Å². The molecule has 9 heteroatoms. The van der Waals surface area contributed by atoms with Gasteiger partial charge in [0.1, 0.15) is 0 Å². The molecule has 0 aliphatic carbocycles. The molecule has 7 nitrogen and oxygen atoms in total. The van der Waals surface area contributed by atoms with Crippen molar-refractivity contribution in [3.63, 3.8) is 0 Å². The molecule has 0 spiro atoms. The van der Waals surface area contributed by atoms with Gasteiger partial charge in [0.25, 0.3) is 0 Å². The predicted octanol–water partition coefficient (Wildman–Crippen LogP) is 1.18. The first kappa shape index (κ1) is 16.7. The van der Waals surface area contributed by atoms with Gasteiger partial charge >= 0.3 is 5.97 Å². The number of halogens is 1. The number of hydrogen-bond acceptors (Lipinski definition) is 6. The Bertz CT molecular complexity index is 691. The van der Waals surface area contributed by atoms with Crippen LogP contribution < -0.4 is 4.90 Å². The molecule has 120 valence electrons. The average molecular weight is 347 g/mol. The Labute approximate surface area is 132 Å². The van der Waals surface area contributed by atoms with E-state index in [9.17, 15) is 18.0 Å². The predicted molar refractivity (Wildman–Crippen MR) is 80.3 cm³/mol. The quantitative estimate of drug-likeness (QED) is 0.587. The first-order valence-corrected chi connectivity index (χ1v) is 9.14. The Kier molecular flexibility index (Phi) is 5.02. The zero-order valence-corrected chi connectivity index (χ0v) is 13.4. The van der Waals surface area contributed by atoms with Crippen molar-refractivity contribution in [2.45, 2.75) is 13.3 Å². The largest absolute Gasteiger partial charge is 0.461 e. The second kappa shape index (κ2) is 6.62. The Morgan fingerprint density at radius 2 is 2.27 bits per heavy atom. The van der Waals surface area contributed by atoms with Crippen molar-refractivity contribution < 1.29 is 22.7 Å². The molecule has 1 fully saturated rings. The van der Waals surface area contributed by atoms with Crippen LogP contribution in [0.2, 0.25) is 0 Å². The van der Waals surface area contributed by atoms with Gasteiger partial charge in [-0.25, -0.2) is 18.2 Å². The van der Waals surface area contributed by atoms with Crippen LogP contribution >= 0.6 is 10.7 Å². The van der Waals surface area contributed by atoms with Crippen molar-refractivity contribution in [2.24, 2.45) is 5.92 Å². The fourth-order valence-corrected chi connectivity index (χ4v) is 3.70. The minimum atomic E-state index is -3.69. The first-order chi connectivity index (χ1) is 10.3. The highest BCUT2D eigenvalue weighted by atomic mass is 35.7. The topological polar surface area (TPSA) is 93.6 Å². The van der Waals surface area contributed by atoms with Crippen LogP contribution in [0.5, 0.6) is 0 Å². The molecule has 2 rings (SSSR count). The van der Waals surface area contributed by atoms with E-state index in [0.717, 1.165) is 0 Å². The average Bonchev–Trinajstić information content (AvgIpc) is 2.77. The van der Waals surface area contributed by atoms with Gasteiger partial charge in [0.05, 0.1) is 18.0 Å². The van der Waals surface area contributed by atoms with Crippen LogP contribution in [0, 0.1) is 5.92 Å². The number of pyridine rings is 1. The second-order valence-corrected chi connectivity index (χ2v) is 7.69. The molecule has 1 saturated heterocycles. The van der Waals surface area contributed by atoms with E-state index in [4.69, 9.17) is 15.4 Å². The number of carbonyl (C=O) groups excluding carboxylic acids is 2. The smallest absolute Gasteiger partial charge is 0.359 e. The van der Waals surface area contributed by atoms with E-state index in [2.05, 4.69) is 4.98 Å². The van der Waals surface area contributed by atoms with Crippen molar-refractivity contribution in [2.75, 3.05) is 23.8 Å². The minimum Gasteiger partial charge on any atom is -0.461 e. The second-order valence-electron chi connectivity index (χ2n) is 4.87. The van der Waals surface area contributed by atoms with Crippen LogP contribution in [0.1, 0.15) is 23.8 Å². The maximum Gasteiger partial charge on any atom is 0.359 e. The number of rotatable bonds is 5. The van der Waals surface area contributed by atoms with Crippen LogP contribution in [-0.4, -0.2) is 44.2 Å². The normalized spacial score (nSPS) is 18.5. The summed E-state index contributed by atoms with van der Waals surface area (Å²) in [6.07, 6.45) is 1.49. The number of esters is 1. The zero-order chi connectivity index (χ0) is 16.3. The highest BCUT2D eigenvalue weighted by molar-refractivity contribution is 8.13. The van der Waals surface area contributed by atoms with Crippen molar-refractivity contribution in [3.8, 4) is 0 Å². The Morgan fingerprint density at radius 3 is 2.91 bits per heavy atom. The lowest BCUT2D eigenvalue weighted by Crippen LogP contribution is -2.28. The fraction of sp³-hybridized carbons (Fsp3) is 0.462. The summed E-state index contributed by atoms with van der Waals surface area (Å²) >= 11 is 0. The van der Waals surface area contributed by atoms with Gasteiger partial charge in [0.2, 0.25) is 15.0 Å². The van der Waals surface area contributed by atoms with Gasteiger partial charge in [0, 0.05) is 35.8 Å². The number of aromatic nitrogens is 1. The number of anilines is 1. The van der Waals surface area contributed by atoms with Crippen LogP contribution in [0.4, 0.5) is 5.69 Å². The lowest BCUT2D eigenvalue weighted by molar-refractivity contribution is -0.117. The van der Waals surface area contributed by atoms with E-state index in [-0.39, 0.29) is 36.9 Å². The van der Waals surface area contributed by atoms with E-state index < -0.39 is 20.9 Å². The summed E-state index contributed by atoms with van der Waals surface area (Å²) in [7, 11) is 1.55. The number of hydrogen-bond donors (Lipinski definition) is 0. The summed E-state index contributed by atoms with van der Waals surface area (Å²) in [4.78, 5) is 29.3. The molecule has 0 N–H and O–H groups in total. The molecule has 1 amide bonds. The first-order valence-electron chi connectivity index (χ1n) is 6.66. The molecule has 1 aliphatic heterocycles. The summed E-state index contributed by atoms with van der Waals surface area (Å²) in [5.74, 6) is -1.60. The van der Waals surface area contributed by atoms with Gasteiger partial charge in [-0.15, -0.1) is 0 Å². The third-order valence-corrected chi connectivity index (χ3v) is 4.43. The molecule has 0 aromatic carbocycles. The molecule has 0 radical (unpaired) electrons. The van der Waals surface area contributed by atoms with Crippen LogP contribution in [0.15, 0.2) is 18.3 Å². The Hall–Kier alpha value is -1.67. The van der Waals surface area contributed by atoms with Crippen LogP contribution in [0.25, 0.3) is 0 Å². The lowest BCUT2D eigenvalue weighted by atomic mass is 10.1. The van der Waals surface area contributed by atoms with Gasteiger partial charge < -0.3 is 9.64 Å². The number of ether oxygens (including phenoxy) is 1. The molecule has 22 heavy (non-hydrogen) atoms. The van der Waals surface area contributed by atoms with E-state index in [1.807, 2.05) is 0 Å². The maximum absolute atomic E-state index is 12.1. The summed E-state index contributed by atoms with van der Waals surface area (Å²) in [5.41, 5.74) is 0.354. The van der Waals surface area contributed by atoms with Gasteiger partial charge in [-0.1, -0.05) is 0 Å². The van der Waals surface area contributed by atoms with E-state index in [1.165, 1.54) is 11.1 Å². The van der Waals surface area contributed by atoms with Gasteiger partial charge in [-0.05, 0) is 19.1 Å². The summed E-state index contributed by atoms with van der Waals surface area (Å²) < 4.78 is 27.2. The van der Waals surface area contributed by atoms with Crippen LogP contribution in [0.3, 0.4) is 0 Å². The summed E-state index contributed by atoms with van der Waals surface area (Å²) in [6, 6.07) is 3.17. The minimum absolute atomic E-state index is 0.0343. The molecule has 1 atom stereocenters. The van der Waals surface area contributed by atoms with Crippen molar-refractivity contribution in [1.29, 1.82) is 0 Å². The highest BCUT2D eigenvalue weighted by Gasteiger charge is 2.35. The monoisotopic (exact) mass is 346 g/mol. The molecule has 0 saturated carbocycles. The summed E-state index contributed by atoms with van der Waals surface area (Å²) in [5, 5.41) is 0. The lowest BCUT2D eigenvalue weighted by Gasteiger charge is -2.18. The number of amides is 1. The van der Waals surface area contributed by atoms with Crippen molar-refractivity contribution >= 4 is 37.3 Å². The van der Waals surface area contributed by atoms with Gasteiger partial charge in [-0.3, -0.25) is 4.79 Å². The van der Waals surface area contributed by atoms with E-state index in [1.54, 1.807) is 19.1 Å². The third kappa shape index (κ3) is 3.95. The molecular formula is C13H15ClN2O5S. The standard InChI is InChI=1S/C13H15ClN2O5S/c1-2-21-13(18)12-10(4-3-5-15-12)16-7-9(6-11(16)17)8-22(14,19)20/h3-5,9H,2,6-8H2,1H3. The van der Waals surface area contributed by atoms with Crippen molar-refractivity contribution in [1.82, 2.24) is 4.98 Å². The number of nitrogens with zero attached hydrogens (tertiary/aromatic N) is 2. The fourth-order valence-electron chi connectivity index (χ4n) is 2.38. The van der Waals surface area contributed by atoms with E-state index >= 15 is 0 Å². The molecule has 1 aromatic rings. The van der Waals surface area contributed by atoms with Gasteiger partial charge in [-0.2, -0.15) is 0 Å². The molecule has 1 aromatic heterocycles. The van der Waals surface area contributed by atoms with E-state index in [0.29, 0.717) is 5.69 Å². The molecule has 1 aliphatic rings.